The monoisotopic (exact) mass is 157 g/mol. The first-order valence-corrected chi connectivity index (χ1v) is 3.20. The first kappa shape index (κ1) is 9.97. The minimum Gasteiger partial charge on any atom is -0.323 e. The summed E-state index contributed by atoms with van der Waals surface area (Å²) in [5, 5.41) is 0. The van der Waals surface area contributed by atoms with E-state index in [1.807, 2.05) is 0 Å². The van der Waals surface area contributed by atoms with Gasteiger partial charge in [-0.25, -0.2) is 4.99 Å². The second-order valence-electron chi connectivity index (χ2n) is 2.17. The molecule has 62 valence electrons. The van der Waals surface area contributed by atoms with Crippen molar-refractivity contribution < 1.29 is 4.39 Å². The van der Waals surface area contributed by atoms with Crippen LogP contribution in [0.5, 0.6) is 0 Å². The Hall–Kier alpha value is -1.03. The molecule has 0 rings (SSSR count). The van der Waals surface area contributed by atoms with Gasteiger partial charge in [-0.05, 0) is 20.6 Å². The zero-order valence-corrected chi connectivity index (χ0v) is 6.71. The molecule has 1 atom stereocenters. The molecule has 3 nitrogen and oxygen atoms in total. The van der Waals surface area contributed by atoms with E-state index in [9.17, 15) is 4.39 Å². The molecule has 0 heterocycles. The van der Waals surface area contributed by atoms with Gasteiger partial charge in [-0.3, -0.25) is 4.99 Å². The Bertz CT molecular complexity index is 194. The largest absolute Gasteiger partial charge is 0.323 e. The van der Waals surface area contributed by atoms with E-state index in [4.69, 9.17) is 5.73 Å². The van der Waals surface area contributed by atoms with Gasteiger partial charge in [0.2, 0.25) is 5.95 Å². The lowest BCUT2D eigenvalue weighted by molar-refractivity contribution is 0.627. The molecule has 4 heteroatoms. The van der Waals surface area contributed by atoms with Crippen LogP contribution in [0.2, 0.25) is 0 Å². The van der Waals surface area contributed by atoms with E-state index in [2.05, 4.69) is 16.7 Å². The Morgan fingerprint density at radius 2 is 2.27 bits per heavy atom. The Balaban J connectivity index is 4.22. The van der Waals surface area contributed by atoms with Crippen LogP contribution in [0.15, 0.2) is 22.1 Å². The van der Waals surface area contributed by atoms with Crippen molar-refractivity contribution in [3.63, 3.8) is 0 Å². The minimum absolute atomic E-state index is 0.163. The van der Waals surface area contributed by atoms with Crippen LogP contribution < -0.4 is 5.73 Å². The predicted molar refractivity (Wildman–Crippen MR) is 45.5 cm³/mol. The quantitative estimate of drug-likeness (QED) is 0.486. The van der Waals surface area contributed by atoms with Crippen molar-refractivity contribution in [3.05, 3.63) is 12.2 Å². The van der Waals surface area contributed by atoms with Crippen LogP contribution in [-0.4, -0.2) is 18.5 Å². The highest BCUT2D eigenvalue weighted by atomic mass is 19.1. The first-order valence-electron chi connectivity index (χ1n) is 3.20. The molecule has 0 saturated heterocycles. The molecule has 0 aromatic heterocycles. The molecule has 0 aliphatic carbocycles. The van der Waals surface area contributed by atoms with Gasteiger partial charge in [0.15, 0.2) is 0 Å². The summed E-state index contributed by atoms with van der Waals surface area (Å²) < 4.78 is 12.2. The van der Waals surface area contributed by atoms with Crippen molar-refractivity contribution in [2.45, 2.75) is 19.9 Å². The molecule has 11 heavy (non-hydrogen) atoms. The van der Waals surface area contributed by atoms with E-state index in [-0.39, 0.29) is 6.04 Å². The molecule has 0 amide bonds. The molecule has 0 aliphatic rings. The predicted octanol–water partition coefficient (Wildman–Crippen LogP) is 1.26. The summed E-state index contributed by atoms with van der Waals surface area (Å²) in [6, 6.07) is -0.163. The Morgan fingerprint density at radius 1 is 1.73 bits per heavy atom. The maximum atomic E-state index is 12.2. The SMILES string of the molecule is C=N/C(F)=C\N=C(\C)C(C)N. The molecule has 2 N–H and O–H groups in total. The van der Waals surface area contributed by atoms with E-state index in [1.54, 1.807) is 13.8 Å². The smallest absolute Gasteiger partial charge is 0.230 e. The lowest BCUT2D eigenvalue weighted by Crippen LogP contribution is -2.23. The van der Waals surface area contributed by atoms with Gasteiger partial charge in [-0.1, -0.05) is 0 Å². The standard InChI is InChI=1S/C7H12FN3/c1-5(9)6(2)11-4-7(8)10-3/h4-5H,3,9H2,1-2H3/b7-4-,11-6-. The Morgan fingerprint density at radius 3 is 2.64 bits per heavy atom. The third kappa shape index (κ3) is 4.38. The van der Waals surface area contributed by atoms with Gasteiger partial charge in [-0.2, -0.15) is 4.39 Å². The fourth-order valence-corrected chi connectivity index (χ4v) is 0.313. The van der Waals surface area contributed by atoms with Crippen molar-refractivity contribution in [3.8, 4) is 0 Å². The van der Waals surface area contributed by atoms with Crippen molar-refractivity contribution in [2.75, 3.05) is 0 Å². The Labute approximate surface area is 65.5 Å². The summed E-state index contributed by atoms with van der Waals surface area (Å²) in [6.45, 7) is 6.48. The van der Waals surface area contributed by atoms with E-state index >= 15 is 0 Å². The van der Waals surface area contributed by atoms with Crippen LogP contribution in [0.25, 0.3) is 0 Å². The molecule has 1 unspecified atom stereocenters. The number of rotatable bonds is 3. The van der Waals surface area contributed by atoms with E-state index in [0.717, 1.165) is 6.20 Å². The number of nitrogens with zero attached hydrogens (tertiary/aromatic N) is 2. The van der Waals surface area contributed by atoms with Gasteiger partial charge in [0.05, 0.1) is 6.20 Å². The highest BCUT2D eigenvalue weighted by molar-refractivity contribution is 5.87. The molecule has 0 radical (unpaired) electrons. The fraction of sp³-hybridized carbons (Fsp3) is 0.429. The van der Waals surface area contributed by atoms with Gasteiger partial charge < -0.3 is 5.73 Å². The summed E-state index contributed by atoms with van der Waals surface area (Å²) in [4.78, 5) is 6.73. The average molecular weight is 157 g/mol. The minimum atomic E-state index is -0.704. The van der Waals surface area contributed by atoms with Crippen molar-refractivity contribution in [2.24, 2.45) is 15.7 Å². The number of nitrogens with two attached hydrogens (primary N) is 1. The lowest BCUT2D eigenvalue weighted by Gasteiger charge is -2.00. The molecule has 0 fully saturated rings. The van der Waals surface area contributed by atoms with Gasteiger partial charge in [0, 0.05) is 11.8 Å². The number of hydrogen-bond donors (Lipinski definition) is 1. The highest BCUT2D eigenvalue weighted by Gasteiger charge is 1.95. The van der Waals surface area contributed by atoms with Crippen LogP contribution in [0.4, 0.5) is 4.39 Å². The second-order valence-corrected chi connectivity index (χ2v) is 2.17. The third-order valence-electron chi connectivity index (χ3n) is 1.18. The fourth-order valence-electron chi connectivity index (χ4n) is 0.313. The van der Waals surface area contributed by atoms with Gasteiger partial charge >= 0.3 is 0 Å². The molecule has 0 aliphatic heterocycles. The van der Waals surface area contributed by atoms with Crippen LogP contribution >= 0.6 is 0 Å². The zero-order valence-electron chi connectivity index (χ0n) is 6.71. The molecular formula is C7H12FN3. The average Bonchev–Trinajstić information content (AvgIpc) is 1.99. The Kier molecular flexibility index (Phi) is 4.29. The number of halogens is 1. The summed E-state index contributed by atoms with van der Waals surface area (Å²) in [5.74, 6) is -0.704. The van der Waals surface area contributed by atoms with Crippen molar-refractivity contribution >= 4 is 12.4 Å². The zero-order chi connectivity index (χ0) is 8.85. The molecular weight excluding hydrogens is 145 g/mol. The summed E-state index contributed by atoms with van der Waals surface area (Å²) in [7, 11) is 0. The molecule has 0 saturated carbocycles. The normalized spacial score (nSPS) is 16.4. The number of aliphatic imine (C=N–C) groups is 2. The van der Waals surface area contributed by atoms with Gasteiger partial charge in [0.25, 0.3) is 0 Å². The summed E-state index contributed by atoms with van der Waals surface area (Å²) >= 11 is 0. The van der Waals surface area contributed by atoms with Crippen LogP contribution in [0.1, 0.15) is 13.8 Å². The van der Waals surface area contributed by atoms with E-state index in [1.165, 1.54) is 0 Å². The number of hydrogen-bond acceptors (Lipinski definition) is 3. The lowest BCUT2D eigenvalue weighted by atomic mass is 10.2. The highest BCUT2D eigenvalue weighted by Crippen LogP contribution is 1.96. The summed E-state index contributed by atoms with van der Waals surface area (Å²) in [6.07, 6.45) is 0.992. The topological polar surface area (TPSA) is 50.7 Å². The van der Waals surface area contributed by atoms with Crippen molar-refractivity contribution in [1.82, 2.24) is 0 Å². The van der Waals surface area contributed by atoms with E-state index in [0.29, 0.717) is 5.71 Å². The van der Waals surface area contributed by atoms with Crippen LogP contribution in [0.3, 0.4) is 0 Å². The maximum Gasteiger partial charge on any atom is 0.230 e. The molecule has 0 bridgehead atoms. The van der Waals surface area contributed by atoms with Crippen LogP contribution in [0, 0.1) is 0 Å². The van der Waals surface area contributed by atoms with Gasteiger partial charge in [-0.15, -0.1) is 0 Å². The second kappa shape index (κ2) is 4.73. The third-order valence-corrected chi connectivity index (χ3v) is 1.18. The summed E-state index contributed by atoms with van der Waals surface area (Å²) in [5.41, 5.74) is 6.09. The first-order chi connectivity index (χ1) is 5.07. The van der Waals surface area contributed by atoms with Crippen LogP contribution in [-0.2, 0) is 0 Å². The van der Waals surface area contributed by atoms with E-state index < -0.39 is 5.95 Å². The maximum absolute atomic E-state index is 12.2. The van der Waals surface area contributed by atoms with Crippen molar-refractivity contribution in [1.29, 1.82) is 0 Å². The molecule has 0 aromatic rings. The van der Waals surface area contributed by atoms with Gasteiger partial charge in [0.1, 0.15) is 0 Å². The molecule has 0 spiro atoms. The molecule has 0 aromatic carbocycles.